The van der Waals surface area contributed by atoms with Crippen molar-refractivity contribution in [2.75, 3.05) is 38.5 Å². The van der Waals surface area contributed by atoms with E-state index in [1.807, 2.05) is 0 Å². The van der Waals surface area contributed by atoms with Gasteiger partial charge in [0.15, 0.2) is 5.96 Å². The average molecular weight is 468 g/mol. The molecule has 0 aromatic heterocycles. The number of aliphatic imine (C=N–C) groups is 1. The quantitative estimate of drug-likeness (QED) is 0.370. The second-order valence-corrected chi connectivity index (χ2v) is 8.10. The number of carbonyl (C=O) groups excluding carboxylic acids is 1. The van der Waals surface area contributed by atoms with Crippen LogP contribution in [-0.4, -0.2) is 60.0 Å². The summed E-state index contributed by atoms with van der Waals surface area (Å²) < 4.78 is 0.414. The van der Waals surface area contributed by atoms with Gasteiger partial charge in [-0.2, -0.15) is 11.8 Å². The fourth-order valence-corrected chi connectivity index (χ4v) is 4.99. The highest BCUT2D eigenvalue weighted by atomic mass is 127. The largest absolute Gasteiger partial charge is 0.357 e. The minimum Gasteiger partial charge on any atom is -0.357 e. The molecule has 2 fully saturated rings. The summed E-state index contributed by atoms with van der Waals surface area (Å²) in [5, 5.41) is 6.27. The molecule has 1 aliphatic heterocycles. The summed E-state index contributed by atoms with van der Waals surface area (Å²) >= 11 is 2.16. The molecule has 0 aromatic rings. The van der Waals surface area contributed by atoms with Gasteiger partial charge in [0.25, 0.3) is 0 Å². The maximum absolute atomic E-state index is 11.8. The Balaban J connectivity index is 0.00000288. The maximum Gasteiger partial charge on any atom is 0.241 e. The molecular formula is C17H33IN4OS. The van der Waals surface area contributed by atoms with Gasteiger partial charge in [0, 0.05) is 36.7 Å². The molecule has 1 heterocycles. The van der Waals surface area contributed by atoms with Gasteiger partial charge in [-0.3, -0.25) is 4.79 Å². The molecule has 1 spiro atoms. The number of thioether (sulfide) groups is 1. The number of rotatable bonds is 5. The molecule has 0 bridgehead atoms. The zero-order valence-corrected chi connectivity index (χ0v) is 18.3. The number of nitrogens with zero attached hydrogens (tertiary/aromatic N) is 2. The number of hydrogen-bond acceptors (Lipinski definition) is 3. The molecule has 0 unspecified atom stereocenters. The lowest BCUT2D eigenvalue weighted by Crippen LogP contribution is -2.53. The van der Waals surface area contributed by atoms with Crippen molar-refractivity contribution in [2.45, 2.75) is 57.1 Å². The van der Waals surface area contributed by atoms with E-state index in [-0.39, 0.29) is 36.4 Å². The minimum absolute atomic E-state index is 0. The summed E-state index contributed by atoms with van der Waals surface area (Å²) in [6, 6.07) is 0. The number of carbonyl (C=O) groups is 1. The Labute approximate surface area is 168 Å². The topological polar surface area (TPSA) is 56.7 Å². The first kappa shape index (κ1) is 21.9. The molecule has 1 amide bonds. The van der Waals surface area contributed by atoms with E-state index in [2.05, 4.69) is 46.1 Å². The predicted molar refractivity (Wildman–Crippen MR) is 115 cm³/mol. The molecule has 1 aliphatic carbocycles. The van der Waals surface area contributed by atoms with Crippen molar-refractivity contribution in [3.63, 3.8) is 0 Å². The summed E-state index contributed by atoms with van der Waals surface area (Å²) in [6.07, 6.45) is 7.70. The molecule has 5 nitrogen and oxygen atoms in total. The molecule has 1 saturated heterocycles. The van der Waals surface area contributed by atoms with Gasteiger partial charge < -0.3 is 15.5 Å². The van der Waals surface area contributed by atoms with Gasteiger partial charge in [-0.05, 0) is 26.2 Å². The lowest BCUT2D eigenvalue weighted by Gasteiger charge is -2.45. The monoisotopic (exact) mass is 468 g/mol. The van der Waals surface area contributed by atoms with Crippen molar-refractivity contribution in [2.24, 2.45) is 4.99 Å². The molecular weight excluding hydrogens is 435 g/mol. The van der Waals surface area contributed by atoms with E-state index in [1.54, 1.807) is 0 Å². The van der Waals surface area contributed by atoms with Crippen LogP contribution in [0.5, 0.6) is 0 Å². The Hall–Kier alpha value is -0.180. The molecule has 0 aromatic carbocycles. The number of halogens is 1. The van der Waals surface area contributed by atoms with Gasteiger partial charge in [0.05, 0.1) is 0 Å². The first-order chi connectivity index (χ1) is 11.2. The third kappa shape index (κ3) is 6.61. The van der Waals surface area contributed by atoms with Gasteiger partial charge in [-0.25, -0.2) is 4.99 Å². The van der Waals surface area contributed by atoms with Crippen LogP contribution in [0.1, 0.15) is 52.4 Å². The van der Waals surface area contributed by atoms with E-state index in [4.69, 9.17) is 0 Å². The molecule has 24 heavy (non-hydrogen) atoms. The zero-order valence-electron chi connectivity index (χ0n) is 15.1. The lowest BCUT2D eigenvalue weighted by atomic mass is 9.87. The van der Waals surface area contributed by atoms with Gasteiger partial charge in [0.2, 0.25) is 5.91 Å². The SMILES string of the molecule is CCCNC(=O)CN=C(NCC)N1CCSC2(CCCCC2)C1.I. The van der Waals surface area contributed by atoms with Crippen LogP contribution in [0, 0.1) is 0 Å². The fourth-order valence-electron chi connectivity index (χ4n) is 3.42. The number of hydrogen-bond donors (Lipinski definition) is 2. The van der Waals surface area contributed by atoms with E-state index < -0.39 is 0 Å². The molecule has 2 N–H and O–H groups in total. The summed E-state index contributed by atoms with van der Waals surface area (Å²) in [5.74, 6) is 2.08. The minimum atomic E-state index is 0. The second kappa shape index (κ2) is 11.4. The van der Waals surface area contributed by atoms with Gasteiger partial charge in [-0.1, -0.05) is 26.2 Å². The van der Waals surface area contributed by atoms with E-state index in [9.17, 15) is 4.79 Å². The maximum atomic E-state index is 11.8. The Morgan fingerprint density at radius 3 is 2.62 bits per heavy atom. The van der Waals surface area contributed by atoms with Crippen molar-refractivity contribution in [1.82, 2.24) is 15.5 Å². The Morgan fingerprint density at radius 1 is 1.21 bits per heavy atom. The predicted octanol–water partition coefficient (Wildman–Crippen LogP) is 2.85. The van der Waals surface area contributed by atoms with Crippen LogP contribution < -0.4 is 10.6 Å². The zero-order chi connectivity index (χ0) is 16.5. The highest BCUT2D eigenvalue weighted by Gasteiger charge is 2.38. The average Bonchev–Trinajstić information content (AvgIpc) is 2.57. The van der Waals surface area contributed by atoms with Crippen LogP contribution in [0.25, 0.3) is 0 Å². The van der Waals surface area contributed by atoms with Crippen molar-refractivity contribution in [3.8, 4) is 0 Å². The van der Waals surface area contributed by atoms with Crippen LogP contribution >= 0.6 is 35.7 Å². The molecule has 0 atom stereocenters. The highest BCUT2D eigenvalue weighted by Crippen LogP contribution is 2.42. The van der Waals surface area contributed by atoms with Crippen molar-refractivity contribution in [1.29, 1.82) is 0 Å². The van der Waals surface area contributed by atoms with Crippen LogP contribution in [0.2, 0.25) is 0 Å². The number of guanidine groups is 1. The van der Waals surface area contributed by atoms with Crippen molar-refractivity contribution in [3.05, 3.63) is 0 Å². The van der Waals surface area contributed by atoms with E-state index >= 15 is 0 Å². The van der Waals surface area contributed by atoms with Crippen LogP contribution in [0.15, 0.2) is 4.99 Å². The Kier molecular flexibility index (Phi) is 10.4. The third-order valence-corrected chi connectivity index (χ3v) is 6.13. The fraction of sp³-hybridized carbons (Fsp3) is 0.882. The van der Waals surface area contributed by atoms with E-state index in [0.29, 0.717) is 4.75 Å². The van der Waals surface area contributed by atoms with Gasteiger partial charge in [-0.15, -0.1) is 24.0 Å². The highest BCUT2D eigenvalue weighted by molar-refractivity contribution is 14.0. The summed E-state index contributed by atoms with van der Waals surface area (Å²) in [6.45, 7) is 8.03. The Morgan fingerprint density at radius 2 is 1.96 bits per heavy atom. The van der Waals surface area contributed by atoms with E-state index in [0.717, 1.165) is 44.3 Å². The van der Waals surface area contributed by atoms with Crippen LogP contribution in [0.4, 0.5) is 0 Å². The first-order valence-electron chi connectivity index (χ1n) is 9.13. The second-order valence-electron chi connectivity index (χ2n) is 6.53. The van der Waals surface area contributed by atoms with Crippen molar-refractivity contribution < 1.29 is 4.79 Å². The Bertz CT molecular complexity index is 408. The lowest BCUT2D eigenvalue weighted by molar-refractivity contribution is -0.119. The number of nitrogens with one attached hydrogen (secondary N) is 2. The number of amides is 1. The molecule has 2 aliphatic rings. The molecule has 140 valence electrons. The van der Waals surface area contributed by atoms with Crippen LogP contribution in [-0.2, 0) is 4.79 Å². The molecule has 7 heteroatoms. The standard InChI is InChI=1S/C17H32N4OS.HI/c1-3-10-19-15(22)13-20-16(18-4-2)21-11-12-23-17(14-21)8-6-5-7-9-17;/h3-14H2,1-2H3,(H,18,20)(H,19,22);1H. The summed E-state index contributed by atoms with van der Waals surface area (Å²) in [7, 11) is 0. The third-order valence-electron chi connectivity index (χ3n) is 4.59. The van der Waals surface area contributed by atoms with Gasteiger partial charge in [0.1, 0.15) is 6.54 Å². The first-order valence-corrected chi connectivity index (χ1v) is 10.1. The smallest absolute Gasteiger partial charge is 0.241 e. The van der Waals surface area contributed by atoms with Crippen LogP contribution in [0.3, 0.4) is 0 Å². The molecule has 2 rings (SSSR count). The molecule has 1 saturated carbocycles. The van der Waals surface area contributed by atoms with Crippen molar-refractivity contribution >= 4 is 47.6 Å². The molecule has 0 radical (unpaired) electrons. The van der Waals surface area contributed by atoms with E-state index in [1.165, 1.54) is 32.1 Å². The van der Waals surface area contributed by atoms with Gasteiger partial charge >= 0.3 is 0 Å². The normalized spacial score (nSPS) is 20.4. The summed E-state index contributed by atoms with van der Waals surface area (Å²) in [4.78, 5) is 18.8. The summed E-state index contributed by atoms with van der Waals surface area (Å²) in [5.41, 5.74) is 0.